The van der Waals surface area contributed by atoms with Crippen LogP contribution in [-0.2, 0) is 12.2 Å². The molecule has 1 nitrogen and oxygen atoms in total. The summed E-state index contributed by atoms with van der Waals surface area (Å²) in [6, 6.07) is 14.8. The van der Waals surface area contributed by atoms with E-state index in [2.05, 4.69) is 31.2 Å². The van der Waals surface area contributed by atoms with Gasteiger partial charge in [-0.05, 0) is 43.5 Å². The van der Waals surface area contributed by atoms with Gasteiger partial charge in [0.05, 0.1) is 0 Å². The highest BCUT2D eigenvalue weighted by molar-refractivity contribution is 7.98. The van der Waals surface area contributed by atoms with Gasteiger partial charge in [0.2, 0.25) is 0 Å². The quantitative estimate of drug-likeness (QED) is 0.801. The van der Waals surface area contributed by atoms with Gasteiger partial charge in [0.15, 0.2) is 0 Å². The fourth-order valence-corrected chi connectivity index (χ4v) is 3.46. The molecule has 0 bridgehead atoms. The first-order valence-corrected chi connectivity index (χ1v) is 8.14. The molecule has 0 aliphatic carbocycles. The van der Waals surface area contributed by atoms with E-state index < -0.39 is 0 Å². The number of halogens is 1. The van der Waals surface area contributed by atoms with Crippen molar-refractivity contribution in [1.82, 2.24) is 0 Å². The summed E-state index contributed by atoms with van der Waals surface area (Å²) >= 11 is 8.03. The van der Waals surface area contributed by atoms with Gasteiger partial charge in [-0.3, -0.25) is 0 Å². The second kappa shape index (κ2) is 7.16. The van der Waals surface area contributed by atoms with Crippen LogP contribution < -0.4 is 5.73 Å². The minimum Gasteiger partial charge on any atom is -0.328 e. The van der Waals surface area contributed by atoms with Crippen LogP contribution in [0.2, 0.25) is 5.02 Å². The zero-order valence-electron chi connectivity index (χ0n) is 11.9. The topological polar surface area (TPSA) is 26.0 Å². The average Bonchev–Trinajstić information content (AvgIpc) is 2.39. The van der Waals surface area contributed by atoms with Crippen molar-refractivity contribution in [1.29, 1.82) is 0 Å². The third-order valence-electron chi connectivity index (χ3n) is 3.10. The van der Waals surface area contributed by atoms with Crippen LogP contribution in [0.5, 0.6) is 0 Å². The summed E-state index contributed by atoms with van der Waals surface area (Å²) in [5.74, 6) is 0.884. The minimum absolute atomic E-state index is 0.177. The molecule has 2 aromatic rings. The van der Waals surface area contributed by atoms with E-state index in [9.17, 15) is 0 Å². The number of benzene rings is 2. The molecule has 3 heteroatoms. The molecule has 0 saturated heterocycles. The molecule has 2 aromatic carbocycles. The van der Waals surface area contributed by atoms with E-state index >= 15 is 0 Å². The molecule has 2 N–H and O–H groups in total. The molecule has 1 unspecified atom stereocenters. The number of nitrogens with two attached hydrogens (primary N) is 1. The molecule has 106 valence electrons. The maximum Gasteiger partial charge on any atom is 0.0446 e. The van der Waals surface area contributed by atoms with Crippen molar-refractivity contribution in [3.8, 4) is 0 Å². The first kappa shape index (κ1) is 15.4. The number of thioether (sulfide) groups is 1. The van der Waals surface area contributed by atoms with E-state index in [1.807, 2.05) is 36.9 Å². The molecule has 2 rings (SSSR count). The number of hydrogen-bond acceptors (Lipinski definition) is 2. The monoisotopic (exact) mass is 305 g/mol. The SMILES string of the molecule is Cc1ccc(SCc2ccccc2Cl)c(CC(C)N)c1. The van der Waals surface area contributed by atoms with Gasteiger partial charge in [0, 0.05) is 21.7 Å². The van der Waals surface area contributed by atoms with Crippen molar-refractivity contribution < 1.29 is 0 Å². The largest absolute Gasteiger partial charge is 0.328 e. The fourth-order valence-electron chi connectivity index (χ4n) is 2.13. The Labute approximate surface area is 130 Å². The van der Waals surface area contributed by atoms with Crippen molar-refractivity contribution in [2.24, 2.45) is 5.73 Å². The van der Waals surface area contributed by atoms with Crippen molar-refractivity contribution >= 4 is 23.4 Å². The molecule has 20 heavy (non-hydrogen) atoms. The van der Waals surface area contributed by atoms with Crippen molar-refractivity contribution in [2.45, 2.75) is 37.0 Å². The smallest absolute Gasteiger partial charge is 0.0446 e. The summed E-state index contributed by atoms with van der Waals surface area (Å²) in [5.41, 5.74) is 9.73. The molecule has 0 saturated carbocycles. The van der Waals surface area contributed by atoms with Gasteiger partial charge in [-0.1, -0.05) is 47.5 Å². The predicted molar refractivity (Wildman–Crippen MR) is 89.5 cm³/mol. The van der Waals surface area contributed by atoms with E-state index in [4.69, 9.17) is 17.3 Å². The molecule has 0 aliphatic rings. The maximum atomic E-state index is 6.21. The summed E-state index contributed by atoms with van der Waals surface area (Å²) in [6.45, 7) is 4.16. The zero-order valence-corrected chi connectivity index (χ0v) is 13.5. The highest BCUT2D eigenvalue weighted by atomic mass is 35.5. The molecule has 0 aromatic heterocycles. The number of rotatable bonds is 5. The van der Waals surface area contributed by atoms with Crippen LogP contribution >= 0.6 is 23.4 Å². The van der Waals surface area contributed by atoms with Crippen molar-refractivity contribution in [3.05, 3.63) is 64.2 Å². The van der Waals surface area contributed by atoms with Gasteiger partial charge in [0.1, 0.15) is 0 Å². The molecule has 0 fully saturated rings. The molecular formula is C17H20ClNS. The van der Waals surface area contributed by atoms with E-state index in [0.717, 1.165) is 17.2 Å². The molecule has 0 radical (unpaired) electrons. The summed E-state index contributed by atoms with van der Waals surface area (Å²) in [6.07, 6.45) is 0.909. The lowest BCUT2D eigenvalue weighted by atomic mass is 10.1. The van der Waals surface area contributed by atoms with Gasteiger partial charge in [0.25, 0.3) is 0 Å². The molecule has 0 spiro atoms. The number of hydrogen-bond donors (Lipinski definition) is 1. The third-order valence-corrected chi connectivity index (χ3v) is 4.63. The molecular weight excluding hydrogens is 286 g/mol. The first-order chi connectivity index (χ1) is 9.56. The highest BCUT2D eigenvalue weighted by Crippen LogP contribution is 2.30. The van der Waals surface area contributed by atoms with Crippen LogP contribution in [0.4, 0.5) is 0 Å². The minimum atomic E-state index is 0.177. The lowest BCUT2D eigenvalue weighted by Crippen LogP contribution is -2.18. The van der Waals surface area contributed by atoms with Crippen LogP contribution in [0.25, 0.3) is 0 Å². The Balaban J connectivity index is 2.15. The standard InChI is InChI=1S/C17H20ClNS/c1-12-7-8-17(15(9-12)10-13(2)19)20-11-14-5-3-4-6-16(14)18/h3-9,13H,10-11,19H2,1-2H3. The highest BCUT2D eigenvalue weighted by Gasteiger charge is 2.07. The third kappa shape index (κ3) is 4.27. The van der Waals surface area contributed by atoms with Crippen LogP contribution in [0.15, 0.2) is 47.4 Å². The predicted octanol–water partition coefficient (Wildman–Crippen LogP) is 4.83. The van der Waals surface area contributed by atoms with E-state index in [1.54, 1.807) is 0 Å². The second-order valence-electron chi connectivity index (χ2n) is 5.17. The fraction of sp³-hybridized carbons (Fsp3) is 0.294. The number of aryl methyl sites for hydroxylation is 1. The van der Waals surface area contributed by atoms with E-state index in [1.165, 1.54) is 21.6 Å². The van der Waals surface area contributed by atoms with Crippen LogP contribution in [-0.4, -0.2) is 6.04 Å². The molecule has 0 amide bonds. The Kier molecular flexibility index (Phi) is 5.53. The van der Waals surface area contributed by atoms with Crippen LogP contribution in [0, 0.1) is 6.92 Å². The normalized spacial score (nSPS) is 12.4. The average molecular weight is 306 g/mol. The summed E-state index contributed by atoms with van der Waals surface area (Å²) < 4.78 is 0. The van der Waals surface area contributed by atoms with Gasteiger partial charge in [-0.25, -0.2) is 0 Å². The lowest BCUT2D eigenvalue weighted by molar-refractivity contribution is 0.729. The molecule has 0 aliphatic heterocycles. The maximum absolute atomic E-state index is 6.21. The van der Waals surface area contributed by atoms with Crippen molar-refractivity contribution in [3.63, 3.8) is 0 Å². The zero-order chi connectivity index (χ0) is 14.5. The lowest BCUT2D eigenvalue weighted by Gasteiger charge is -2.13. The first-order valence-electron chi connectivity index (χ1n) is 6.77. The van der Waals surface area contributed by atoms with Gasteiger partial charge < -0.3 is 5.73 Å². The summed E-state index contributed by atoms with van der Waals surface area (Å²) in [7, 11) is 0. The van der Waals surface area contributed by atoms with E-state index in [0.29, 0.717) is 0 Å². The Bertz CT molecular complexity index is 581. The molecule has 1 atom stereocenters. The Morgan fingerprint density at radius 3 is 2.60 bits per heavy atom. The Hall–Kier alpha value is -0.960. The van der Waals surface area contributed by atoms with E-state index in [-0.39, 0.29) is 6.04 Å². The summed E-state index contributed by atoms with van der Waals surface area (Å²) in [5, 5.41) is 0.834. The summed E-state index contributed by atoms with van der Waals surface area (Å²) in [4.78, 5) is 1.30. The Morgan fingerprint density at radius 1 is 1.15 bits per heavy atom. The van der Waals surface area contributed by atoms with Crippen molar-refractivity contribution in [2.75, 3.05) is 0 Å². The van der Waals surface area contributed by atoms with Crippen LogP contribution in [0.1, 0.15) is 23.6 Å². The van der Waals surface area contributed by atoms with Gasteiger partial charge in [-0.15, -0.1) is 11.8 Å². The second-order valence-corrected chi connectivity index (χ2v) is 6.60. The van der Waals surface area contributed by atoms with Crippen LogP contribution in [0.3, 0.4) is 0 Å². The molecule has 0 heterocycles. The van der Waals surface area contributed by atoms with Gasteiger partial charge in [-0.2, -0.15) is 0 Å². The Morgan fingerprint density at radius 2 is 1.90 bits per heavy atom. The van der Waals surface area contributed by atoms with Gasteiger partial charge >= 0.3 is 0 Å².